The molecule has 4 nitrogen and oxygen atoms in total. The Hall–Kier alpha value is -0.320. The maximum absolute atomic E-state index is 12.3. The maximum Gasteiger partial charge on any atom is 0.240 e. The highest BCUT2D eigenvalue weighted by Crippen LogP contribution is 2.35. The summed E-state index contributed by atoms with van der Waals surface area (Å²) in [6, 6.07) is 0. The number of aliphatic hydroxyl groups excluding tert-OH is 1. The molecule has 2 rings (SSSR count). The van der Waals surface area contributed by atoms with Crippen LogP contribution in [0.1, 0.15) is 64.7 Å². The number of nitrogens with two attached hydrogens (primary N) is 1. The van der Waals surface area contributed by atoms with Gasteiger partial charge in [-0.05, 0) is 25.7 Å². The Morgan fingerprint density at radius 2 is 1.80 bits per heavy atom. The summed E-state index contributed by atoms with van der Waals surface area (Å²) in [6.07, 6.45) is 8.60. The molecule has 0 saturated heterocycles. The smallest absolute Gasteiger partial charge is 0.240 e. The quantitative estimate of drug-likeness (QED) is 0.747. The first kappa shape index (κ1) is 17.7. The van der Waals surface area contributed by atoms with Crippen LogP contribution in [0.2, 0.25) is 0 Å². The number of hydrogen-bond donors (Lipinski definition) is 3. The monoisotopic (exact) mass is 304 g/mol. The van der Waals surface area contributed by atoms with Crippen LogP contribution in [0.5, 0.6) is 0 Å². The van der Waals surface area contributed by atoms with Crippen molar-refractivity contribution in [3.63, 3.8) is 0 Å². The predicted octanol–water partition coefficient (Wildman–Crippen LogP) is 2.13. The van der Waals surface area contributed by atoms with E-state index in [1.807, 2.05) is 0 Å². The molecule has 2 aliphatic rings. The van der Waals surface area contributed by atoms with Crippen molar-refractivity contribution in [2.24, 2.45) is 11.1 Å². The summed E-state index contributed by atoms with van der Waals surface area (Å²) in [7, 11) is 0. The number of aliphatic hydroxyl groups is 1. The topological polar surface area (TPSA) is 75.4 Å². The van der Waals surface area contributed by atoms with Crippen LogP contribution in [0.3, 0.4) is 0 Å². The minimum atomic E-state index is -0.672. The van der Waals surface area contributed by atoms with Crippen LogP contribution >= 0.6 is 12.4 Å². The molecule has 2 aliphatic carbocycles. The van der Waals surface area contributed by atoms with Gasteiger partial charge in [0.25, 0.3) is 0 Å². The van der Waals surface area contributed by atoms with Gasteiger partial charge in [0.05, 0.1) is 11.6 Å². The first-order valence-electron chi connectivity index (χ1n) is 7.72. The first-order valence-corrected chi connectivity index (χ1v) is 7.72. The molecule has 4 N–H and O–H groups in total. The average molecular weight is 305 g/mol. The summed E-state index contributed by atoms with van der Waals surface area (Å²) in [5.74, 6) is -0.0220. The molecule has 2 saturated carbocycles. The zero-order valence-corrected chi connectivity index (χ0v) is 13.3. The van der Waals surface area contributed by atoms with E-state index in [0.717, 1.165) is 51.4 Å². The molecular weight excluding hydrogens is 276 g/mol. The van der Waals surface area contributed by atoms with Crippen molar-refractivity contribution in [3.05, 3.63) is 0 Å². The van der Waals surface area contributed by atoms with Gasteiger partial charge in [0, 0.05) is 12.0 Å². The third-order valence-electron chi connectivity index (χ3n) is 5.13. The van der Waals surface area contributed by atoms with Gasteiger partial charge < -0.3 is 16.2 Å². The average Bonchev–Trinajstić information content (AvgIpc) is 2.41. The molecule has 0 aromatic carbocycles. The van der Waals surface area contributed by atoms with Gasteiger partial charge in [-0.25, -0.2) is 0 Å². The van der Waals surface area contributed by atoms with Crippen molar-refractivity contribution in [3.8, 4) is 0 Å². The Morgan fingerprint density at radius 3 is 2.40 bits per heavy atom. The Balaban J connectivity index is 0.00000200. The van der Waals surface area contributed by atoms with E-state index in [1.54, 1.807) is 0 Å². The maximum atomic E-state index is 12.3. The molecule has 1 amide bonds. The second-order valence-corrected chi connectivity index (χ2v) is 6.82. The highest BCUT2D eigenvalue weighted by molar-refractivity contribution is 5.86. The first-order chi connectivity index (χ1) is 8.96. The molecule has 2 unspecified atom stereocenters. The lowest BCUT2D eigenvalue weighted by Gasteiger charge is -2.40. The minimum Gasteiger partial charge on any atom is -0.392 e. The molecular formula is C15H29ClN2O2. The van der Waals surface area contributed by atoms with E-state index < -0.39 is 5.54 Å². The van der Waals surface area contributed by atoms with Gasteiger partial charge in [-0.1, -0.05) is 39.0 Å². The van der Waals surface area contributed by atoms with Crippen molar-refractivity contribution in [2.75, 3.05) is 6.54 Å². The van der Waals surface area contributed by atoms with E-state index in [4.69, 9.17) is 5.73 Å². The molecule has 20 heavy (non-hydrogen) atoms. The second kappa shape index (κ2) is 7.10. The molecule has 0 radical (unpaired) electrons. The van der Waals surface area contributed by atoms with Crippen molar-refractivity contribution >= 4 is 18.3 Å². The zero-order chi connectivity index (χ0) is 13.9. The van der Waals surface area contributed by atoms with E-state index >= 15 is 0 Å². The van der Waals surface area contributed by atoms with Crippen LogP contribution in [-0.2, 0) is 4.79 Å². The summed E-state index contributed by atoms with van der Waals surface area (Å²) in [4.78, 5) is 12.3. The molecule has 0 aliphatic heterocycles. The van der Waals surface area contributed by atoms with Crippen LogP contribution in [0, 0.1) is 5.41 Å². The van der Waals surface area contributed by atoms with Gasteiger partial charge in [-0.3, -0.25) is 4.79 Å². The summed E-state index contributed by atoms with van der Waals surface area (Å²) < 4.78 is 0. The highest BCUT2D eigenvalue weighted by atomic mass is 35.5. The van der Waals surface area contributed by atoms with E-state index in [1.165, 1.54) is 6.42 Å². The van der Waals surface area contributed by atoms with Gasteiger partial charge in [0.2, 0.25) is 5.91 Å². The molecule has 0 bridgehead atoms. The van der Waals surface area contributed by atoms with Crippen molar-refractivity contribution in [2.45, 2.75) is 76.4 Å². The highest BCUT2D eigenvalue weighted by Gasteiger charge is 2.39. The summed E-state index contributed by atoms with van der Waals surface area (Å²) in [5, 5.41) is 13.1. The fraction of sp³-hybridized carbons (Fsp3) is 0.933. The number of carbonyl (C=O) groups excluding carboxylic acids is 1. The van der Waals surface area contributed by atoms with Crippen molar-refractivity contribution in [1.29, 1.82) is 0 Å². The molecule has 5 heteroatoms. The van der Waals surface area contributed by atoms with Gasteiger partial charge in [0.15, 0.2) is 0 Å². The number of nitrogens with one attached hydrogen (secondary N) is 1. The third kappa shape index (κ3) is 3.86. The van der Waals surface area contributed by atoms with E-state index in [9.17, 15) is 9.90 Å². The lowest BCUT2D eigenvalue weighted by Crippen LogP contribution is -2.57. The fourth-order valence-corrected chi connectivity index (χ4v) is 3.46. The Morgan fingerprint density at radius 1 is 1.20 bits per heavy atom. The lowest BCUT2D eigenvalue weighted by atomic mass is 9.73. The molecule has 118 valence electrons. The van der Waals surface area contributed by atoms with E-state index in [2.05, 4.69) is 12.2 Å². The standard InChI is InChI=1S/C15H28N2O2.ClH/c1-14(8-6-3-7-12(14)18)11-17-13(19)15(16)9-4-2-5-10-15;/h12,18H,2-11,16H2,1H3,(H,17,19);1H. The third-order valence-corrected chi connectivity index (χ3v) is 5.13. The van der Waals surface area contributed by atoms with Crippen molar-refractivity contribution in [1.82, 2.24) is 5.32 Å². The normalized spacial score (nSPS) is 33.0. The second-order valence-electron chi connectivity index (χ2n) is 6.82. The lowest BCUT2D eigenvalue weighted by molar-refractivity contribution is -0.128. The van der Waals surface area contributed by atoms with Gasteiger partial charge in [-0.15, -0.1) is 12.4 Å². The molecule has 2 fully saturated rings. The number of amides is 1. The number of carbonyl (C=O) groups is 1. The number of rotatable bonds is 3. The minimum absolute atomic E-state index is 0. The predicted molar refractivity (Wildman–Crippen MR) is 82.8 cm³/mol. The molecule has 2 atom stereocenters. The van der Waals surface area contributed by atoms with Crippen molar-refractivity contribution < 1.29 is 9.90 Å². The van der Waals surface area contributed by atoms with Crippen LogP contribution in [0.4, 0.5) is 0 Å². The summed E-state index contributed by atoms with van der Waals surface area (Å²) in [6.45, 7) is 2.62. The van der Waals surface area contributed by atoms with E-state index in [-0.39, 0.29) is 29.8 Å². The van der Waals surface area contributed by atoms with E-state index in [0.29, 0.717) is 6.54 Å². The SMILES string of the molecule is CC1(CNC(=O)C2(N)CCCCC2)CCCCC1O.Cl. The Labute approximate surface area is 128 Å². The number of halogens is 1. The molecule has 0 aromatic heterocycles. The van der Waals surface area contributed by atoms with Gasteiger partial charge in [-0.2, -0.15) is 0 Å². The molecule has 0 heterocycles. The Bertz CT molecular complexity index is 332. The Kier molecular flexibility index (Phi) is 6.29. The van der Waals surface area contributed by atoms with Crippen LogP contribution in [0.25, 0.3) is 0 Å². The van der Waals surface area contributed by atoms with Gasteiger partial charge >= 0.3 is 0 Å². The number of hydrogen-bond acceptors (Lipinski definition) is 3. The van der Waals surface area contributed by atoms with Crippen LogP contribution in [0.15, 0.2) is 0 Å². The largest absolute Gasteiger partial charge is 0.392 e. The van der Waals surface area contributed by atoms with Gasteiger partial charge in [0.1, 0.15) is 0 Å². The summed E-state index contributed by atoms with van der Waals surface area (Å²) >= 11 is 0. The summed E-state index contributed by atoms with van der Waals surface area (Å²) in [5.41, 5.74) is 5.37. The fourth-order valence-electron chi connectivity index (χ4n) is 3.46. The molecule has 0 aromatic rings. The van der Waals surface area contributed by atoms with Crippen LogP contribution < -0.4 is 11.1 Å². The van der Waals surface area contributed by atoms with Crippen LogP contribution in [-0.4, -0.2) is 29.2 Å². The molecule has 0 spiro atoms. The zero-order valence-electron chi connectivity index (χ0n) is 12.5.